The molecule has 0 saturated heterocycles. The fraction of sp³-hybridized carbons (Fsp3) is 0.714. The van der Waals surface area contributed by atoms with Crippen LogP contribution in [0.25, 0.3) is 0 Å². The highest BCUT2D eigenvalue weighted by Crippen LogP contribution is 2.50. The molecule has 2 bridgehead atoms. The predicted molar refractivity (Wildman–Crippen MR) is 74.9 cm³/mol. The fourth-order valence-electron chi connectivity index (χ4n) is 4.36. The molecule has 2 N–H and O–H groups in total. The summed E-state index contributed by atoms with van der Waals surface area (Å²) in [6.07, 6.45) is 7.03. The summed E-state index contributed by atoms with van der Waals surface area (Å²) in [5, 5.41) is 0. The number of nitrogens with two attached hydrogens (primary N) is 1. The Morgan fingerprint density at radius 3 is 2.79 bits per heavy atom. The van der Waals surface area contributed by atoms with Crippen LogP contribution in [0.5, 0.6) is 0 Å². The predicted octanol–water partition coefficient (Wildman–Crippen LogP) is 1.66. The van der Waals surface area contributed by atoms with Crippen molar-refractivity contribution in [1.82, 2.24) is 9.55 Å². The monoisotopic (exact) mass is 259 g/mol. The maximum absolute atomic E-state index is 6.19. The SMILES string of the molecule is CN1C(C2CC3CCC2C3)=NC(N)c2ncn(C)c21. The van der Waals surface area contributed by atoms with Gasteiger partial charge in [0.1, 0.15) is 23.5 Å². The van der Waals surface area contributed by atoms with Gasteiger partial charge in [0.05, 0.1) is 6.33 Å². The molecule has 1 aromatic rings. The van der Waals surface area contributed by atoms with Crippen LogP contribution in [0.4, 0.5) is 5.82 Å². The first kappa shape index (κ1) is 11.5. The van der Waals surface area contributed by atoms with Gasteiger partial charge in [-0.2, -0.15) is 0 Å². The van der Waals surface area contributed by atoms with Crippen molar-refractivity contribution in [3.63, 3.8) is 0 Å². The highest BCUT2D eigenvalue weighted by atomic mass is 15.3. The van der Waals surface area contributed by atoms with Crippen LogP contribution in [0.15, 0.2) is 11.3 Å². The molecule has 4 unspecified atom stereocenters. The lowest BCUT2D eigenvalue weighted by Crippen LogP contribution is -2.41. The van der Waals surface area contributed by atoms with E-state index in [0.29, 0.717) is 5.92 Å². The van der Waals surface area contributed by atoms with Crippen LogP contribution in [0.3, 0.4) is 0 Å². The van der Waals surface area contributed by atoms with Gasteiger partial charge in [0.15, 0.2) is 0 Å². The lowest BCUT2D eigenvalue weighted by molar-refractivity contribution is 0.408. The fourth-order valence-corrected chi connectivity index (χ4v) is 4.36. The summed E-state index contributed by atoms with van der Waals surface area (Å²) in [7, 11) is 4.13. The molecule has 2 fully saturated rings. The Labute approximate surface area is 113 Å². The van der Waals surface area contributed by atoms with Crippen LogP contribution in [-0.2, 0) is 7.05 Å². The Morgan fingerprint density at radius 2 is 2.11 bits per heavy atom. The van der Waals surface area contributed by atoms with Crippen LogP contribution in [0, 0.1) is 17.8 Å². The molecule has 5 heteroatoms. The second-order valence-corrected chi connectivity index (χ2v) is 6.34. The lowest BCUT2D eigenvalue weighted by atomic mass is 9.87. The molecule has 4 rings (SSSR count). The van der Waals surface area contributed by atoms with Crippen molar-refractivity contribution in [3.8, 4) is 0 Å². The zero-order valence-electron chi connectivity index (χ0n) is 11.6. The molecule has 0 spiro atoms. The summed E-state index contributed by atoms with van der Waals surface area (Å²) < 4.78 is 2.05. The molecule has 0 radical (unpaired) electrons. The number of aliphatic imine (C=N–C) groups is 1. The number of imidazole rings is 1. The molecule has 0 amide bonds. The molecule has 19 heavy (non-hydrogen) atoms. The Kier molecular flexibility index (Phi) is 2.31. The molecular formula is C14H21N5. The summed E-state index contributed by atoms with van der Waals surface area (Å²) in [6.45, 7) is 0. The first-order chi connectivity index (χ1) is 9.15. The third-order valence-corrected chi connectivity index (χ3v) is 5.22. The van der Waals surface area contributed by atoms with Gasteiger partial charge in [-0.05, 0) is 31.1 Å². The molecule has 2 heterocycles. The minimum Gasteiger partial charge on any atom is -0.320 e. The molecule has 0 aromatic carbocycles. The molecular weight excluding hydrogens is 238 g/mol. The van der Waals surface area contributed by atoms with Gasteiger partial charge in [0.25, 0.3) is 0 Å². The molecule has 5 nitrogen and oxygen atoms in total. The van der Waals surface area contributed by atoms with Crippen LogP contribution in [-0.4, -0.2) is 22.4 Å². The third kappa shape index (κ3) is 1.51. The highest BCUT2D eigenvalue weighted by Gasteiger charge is 2.44. The van der Waals surface area contributed by atoms with Crippen LogP contribution in [0.2, 0.25) is 0 Å². The van der Waals surface area contributed by atoms with E-state index in [4.69, 9.17) is 10.7 Å². The smallest absolute Gasteiger partial charge is 0.145 e. The van der Waals surface area contributed by atoms with E-state index < -0.39 is 0 Å². The van der Waals surface area contributed by atoms with Crippen molar-refractivity contribution < 1.29 is 0 Å². The average molecular weight is 259 g/mol. The Bertz CT molecular complexity index is 546. The van der Waals surface area contributed by atoms with E-state index in [-0.39, 0.29) is 6.17 Å². The minimum atomic E-state index is -0.290. The van der Waals surface area contributed by atoms with Crippen molar-refractivity contribution in [2.45, 2.75) is 31.8 Å². The molecule has 3 aliphatic rings. The van der Waals surface area contributed by atoms with Gasteiger partial charge in [0, 0.05) is 20.0 Å². The quantitative estimate of drug-likeness (QED) is 0.834. The zero-order valence-corrected chi connectivity index (χ0v) is 11.6. The van der Waals surface area contributed by atoms with Gasteiger partial charge in [-0.3, -0.25) is 0 Å². The second kappa shape index (κ2) is 3.82. The average Bonchev–Trinajstić information content (AvgIpc) is 3.08. The van der Waals surface area contributed by atoms with E-state index in [1.165, 1.54) is 31.5 Å². The molecule has 4 atom stereocenters. The topological polar surface area (TPSA) is 59.4 Å². The highest BCUT2D eigenvalue weighted by molar-refractivity contribution is 6.00. The van der Waals surface area contributed by atoms with E-state index in [1.807, 2.05) is 13.4 Å². The number of rotatable bonds is 1. The van der Waals surface area contributed by atoms with E-state index in [9.17, 15) is 0 Å². The number of aryl methyl sites for hydroxylation is 1. The van der Waals surface area contributed by atoms with Gasteiger partial charge in [-0.15, -0.1) is 0 Å². The van der Waals surface area contributed by atoms with Crippen LogP contribution < -0.4 is 10.6 Å². The molecule has 1 aromatic heterocycles. The van der Waals surface area contributed by atoms with Gasteiger partial charge in [-0.25, -0.2) is 9.98 Å². The first-order valence-corrected chi connectivity index (χ1v) is 7.23. The standard InChI is InChI=1S/C14H21N5/c1-18-7-16-11-12(15)17-13(19(2)14(11)18)10-6-8-3-4-9(10)5-8/h7-10,12H,3-6,15H2,1-2H3. The number of hydrogen-bond donors (Lipinski definition) is 1. The molecule has 2 saturated carbocycles. The number of amidine groups is 1. The van der Waals surface area contributed by atoms with Crippen molar-refractivity contribution in [2.24, 2.45) is 35.5 Å². The molecule has 1 aliphatic heterocycles. The summed E-state index contributed by atoms with van der Waals surface area (Å²) in [5.74, 6) is 4.66. The van der Waals surface area contributed by atoms with Crippen molar-refractivity contribution in [2.75, 3.05) is 11.9 Å². The third-order valence-electron chi connectivity index (χ3n) is 5.22. The minimum absolute atomic E-state index is 0.290. The number of anilines is 1. The van der Waals surface area contributed by atoms with Crippen molar-refractivity contribution in [1.29, 1.82) is 0 Å². The van der Waals surface area contributed by atoms with Crippen LogP contribution >= 0.6 is 0 Å². The van der Waals surface area contributed by atoms with Gasteiger partial charge in [-0.1, -0.05) is 6.42 Å². The number of hydrogen-bond acceptors (Lipinski definition) is 4. The van der Waals surface area contributed by atoms with Crippen LogP contribution in [0.1, 0.15) is 37.5 Å². The Balaban J connectivity index is 1.72. The Morgan fingerprint density at radius 1 is 1.26 bits per heavy atom. The Hall–Kier alpha value is -1.36. The van der Waals surface area contributed by atoms with Crippen molar-refractivity contribution >= 4 is 11.7 Å². The lowest BCUT2D eigenvalue weighted by Gasteiger charge is -2.34. The summed E-state index contributed by atoms with van der Waals surface area (Å²) >= 11 is 0. The summed E-state index contributed by atoms with van der Waals surface area (Å²) in [6, 6.07) is 0. The van der Waals surface area contributed by atoms with E-state index in [2.05, 4.69) is 21.5 Å². The molecule has 102 valence electrons. The van der Waals surface area contributed by atoms with E-state index in [0.717, 1.165) is 23.3 Å². The second-order valence-electron chi connectivity index (χ2n) is 6.34. The van der Waals surface area contributed by atoms with Gasteiger partial charge in [0.2, 0.25) is 0 Å². The van der Waals surface area contributed by atoms with Gasteiger partial charge >= 0.3 is 0 Å². The number of aromatic nitrogens is 2. The molecule has 2 aliphatic carbocycles. The maximum Gasteiger partial charge on any atom is 0.145 e. The first-order valence-electron chi connectivity index (χ1n) is 7.23. The number of fused-ring (bicyclic) bond motifs is 3. The van der Waals surface area contributed by atoms with Gasteiger partial charge < -0.3 is 15.2 Å². The van der Waals surface area contributed by atoms with Crippen molar-refractivity contribution in [3.05, 3.63) is 12.0 Å². The maximum atomic E-state index is 6.19. The van der Waals surface area contributed by atoms with E-state index in [1.54, 1.807) is 0 Å². The normalized spacial score (nSPS) is 36.6. The zero-order chi connectivity index (χ0) is 13.1. The largest absolute Gasteiger partial charge is 0.320 e. The van der Waals surface area contributed by atoms with E-state index >= 15 is 0 Å². The summed E-state index contributed by atoms with van der Waals surface area (Å²) in [5.41, 5.74) is 7.09. The summed E-state index contributed by atoms with van der Waals surface area (Å²) in [4.78, 5) is 11.4. The number of nitrogens with zero attached hydrogens (tertiary/aromatic N) is 4.